The topological polar surface area (TPSA) is 124 Å². The number of hydrogen-bond acceptors (Lipinski definition) is 7. The van der Waals surface area contributed by atoms with Crippen LogP contribution in [0, 0.1) is 11.6 Å². The van der Waals surface area contributed by atoms with Gasteiger partial charge < -0.3 is 29.9 Å². The number of urea groups is 1. The molecule has 12 nitrogen and oxygen atoms in total. The number of nitrogens with one attached hydrogen (secondary N) is 2. The van der Waals surface area contributed by atoms with E-state index in [2.05, 4.69) is 17.2 Å². The number of nitrogens with zero attached hydrogens (tertiary/aromatic N) is 4. The smallest absolute Gasteiger partial charge is 0.407 e. The summed E-state index contributed by atoms with van der Waals surface area (Å²) < 4.78 is 38.3. The van der Waals surface area contributed by atoms with Crippen molar-refractivity contribution in [3.8, 4) is 5.75 Å². The molecule has 236 valence electrons. The van der Waals surface area contributed by atoms with Crippen LogP contribution in [0.25, 0.3) is 0 Å². The molecule has 0 spiro atoms. The van der Waals surface area contributed by atoms with Gasteiger partial charge in [-0.3, -0.25) is 9.59 Å². The van der Waals surface area contributed by atoms with E-state index >= 15 is 0 Å². The van der Waals surface area contributed by atoms with Crippen molar-refractivity contribution < 1.29 is 37.4 Å². The van der Waals surface area contributed by atoms with Crippen molar-refractivity contribution in [3.63, 3.8) is 0 Å². The van der Waals surface area contributed by atoms with Gasteiger partial charge in [0.05, 0.1) is 20.2 Å². The number of carbonyl (C=O) groups excluding carboxylic acids is 4. The molecule has 0 aromatic heterocycles. The first-order valence-electron chi connectivity index (χ1n) is 14.1. The van der Waals surface area contributed by atoms with E-state index in [-0.39, 0.29) is 57.2 Å². The quantitative estimate of drug-likeness (QED) is 0.295. The molecule has 2 aromatic rings. The first-order chi connectivity index (χ1) is 21.1. The van der Waals surface area contributed by atoms with Crippen LogP contribution in [0.1, 0.15) is 24.0 Å². The van der Waals surface area contributed by atoms with E-state index in [4.69, 9.17) is 9.47 Å². The van der Waals surface area contributed by atoms with Gasteiger partial charge in [0.1, 0.15) is 36.2 Å². The number of carbonyl (C=O) groups is 4. The van der Waals surface area contributed by atoms with Crippen molar-refractivity contribution >= 4 is 23.9 Å². The Morgan fingerprint density at radius 2 is 1.86 bits per heavy atom. The van der Waals surface area contributed by atoms with E-state index in [1.807, 2.05) is 12.1 Å². The fourth-order valence-corrected chi connectivity index (χ4v) is 5.25. The Hall–Kier alpha value is -4.72. The van der Waals surface area contributed by atoms with E-state index in [0.717, 1.165) is 17.7 Å². The summed E-state index contributed by atoms with van der Waals surface area (Å²) in [4.78, 5) is 55.3. The lowest BCUT2D eigenvalue weighted by Crippen LogP contribution is -2.75. The van der Waals surface area contributed by atoms with Crippen molar-refractivity contribution in [1.82, 2.24) is 30.5 Å². The number of halogens is 2. The molecule has 4 rings (SSSR count). The van der Waals surface area contributed by atoms with Gasteiger partial charge in [-0.15, -0.1) is 0 Å². The summed E-state index contributed by atoms with van der Waals surface area (Å²) in [5.74, 6) is -1.70. The highest BCUT2D eigenvalue weighted by atomic mass is 19.1. The maximum atomic E-state index is 14.6. The second-order valence-corrected chi connectivity index (χ2v) is 10.4. The molecule has 0 saturated carbocycles. The molecule has 2 saturated heterocycles. The first-order valence-corrected chi connectivity index (χ1v) is 14.1. The van der Waals surface area contributed by atoms with Crippen LogP contribution >= 0.6 is 0 Å². The van der Waals surface area contributed by atoms with Gasteiger partial charge in [-0.2, -0.15) is 0 Å². The highest BCUT2D eigenvalue weighted by molar-refractivity contribution is 5.91. The van der Waals surface area contributed by atoms with E-state index < -0.39 is 41.9 Å². The lowest BCUT2D eigenvalue weighted by atomic mass is 10.0. The molecule has 5 amide bonds. The second-order valence-electron chi connectivity index (χ2n) is 10.4. The van der Waals surface area contributed by atoms with Crippen LogP contribution in [0.15, 0.2) is 55.1 Å². The van der Waals surface area contributed by atoms with E-state index in [0.29, 0.717) is 12.2 Å². The highest BCUT2D eigenvalue weighted by Crippen LogP contribution is 2.29. The van der Waals surface area contributed by atoms with Crippen molar-refractivity contribution in [2.24, 2.45) is 0 Å². The summed E-state index contributed by atoms with van der Waals surface area (Å²) in [6.07, 6.45) is 0.317. The molecule has 2 heterocycles. The minimum atomic E-state index is -0.999. The lowest BCUT2D eigenvalue weighted by molar-refractivity contribution is -0.188. The molecule has 0 aliphatic carbocycles. The van der Waals surface area contributed by atoms with E-state index in [1.54, 1.807) is 26.3 Å². The number of rotatable bonds is 11. The number of hydrogen-bond donors (Lipinski definition) is 2. The number of fused-ring (bicyclic) bond motifs is 1. The number of piperazine rings is 1. The maximum Gasteiger partial charge on any atom is 0.407 e. The summed E-state index contributed by atoms with van der Waals surface area (Å²) in [5.41, 5.74) is 0.903. The predicted molar refractivity (Wildman–Crippen MR) is 155 cm³/mol. The molecule has 0 radical (unpaired) electrons. The second kappa shape index (κ2) is 14.6. The van der Waals surface area contributed by atoms with Crippen LogP contribution < -0.4 is 15.4 Å². The Balaban J connectivity index is 1.55. The van der Waals surface area contributed by atoms with Crippen LogP contribution in [-0.4, -0.2) is 96.4 Å². The molecule has 44 heavy (non-hydrogen) atoms. The Labute approximate surface area is 254 Å². The molecule has 2 aliphatic rings. The van der Waals surface area contributed by atoms with Crippen LogP contribution in [0.5, 0.6) is 5.75 Å². The standard InChI is InChI=1S/C30H36F2N6O6/c1-4-14-44-30(42)33-13-5-6-25-28(40)36(17-21-9-10-22(31)15-24(21)32)18-26-37(25)27(39)19-35(2)38(26)29(41)34-16-20-7-11-23(43-3)12-8-20/h4,7-12,15,25-26H,1,5-6,13-14,16-19H2,2-3H3,(H,33,42)(H,34,41)/t25-,26-/m0/s1. The Morgan fingerprint density at radius 1 is 1.11 bits per heavy atom. The highest BCUT2D eigenvalue weighted by Gasteiger charge is 2.50. The number of methoxy groups -OCH3 is 1. The van der Waals surface area contributed by atoms with E-state index in [9.17, 15) is 28.0 Å². The summed E-state index contributed by atoms with van der Waals surface area (Å²) in [6, 6.07) is 8.76. The average molecular weight is 615 g/mol. The van der Waals surface area contributed by atoms with Gasteiger partial charge in [-0.05, 0) is 36.6 Å². The molecular weight excluding hydrogens is 578 g/mol. The zero-order valence-electron chi connectivity index (χ0n) is 24.6. The minimum absolute atomic E-state index is 0.0374. The minimum Gasteiger partial charge on any atom is -0.497 e. The summed E-state index contributed by atoms with van der Waals surface area (Å²) >= 11 is 0. The predicted octanol–water partition coefficient (Wildman–Crippen LogP) is 2.60. The number of benzene rings is 2. The molecule has 2 atom stereocenters. The molecular formula is C30H36F2N6O6. The third kappa shape index (κ3) is 7.61. The number of hydrazine groups is 1. The summed E-state index contributed by atoms with van der Waals surface area (Å²) in [6.45, 7) is 3.40. The number of ether oxygens (including phenoxy) is 2. The Morgan fingerprint density at radius 3 is 2.55 bits per heavy atom. The fraction of sp³-hybridized carbons (Fsp3) is 0.400. The number of likely N-dealkylation sites (N-methyl/N-ethyl adjacent to an activating group) is 1. The SMILES string of the molecule is C=CCOC(=O)NCCC[C@H]1C(=O)N(Cc2ccc(F)cc2F)C[C@H]2N1C(=O)CN(C)N2C(=O)NCc1ccc(OC)cc1. The fourth-order valence-electron chi connectivity index (χ4n) is 5.25. The van der Waals surface area contributed by atoms with E-state index in [1.165, 1.54) is 32.0 Å². The van der Waals surface area contributed by atoms with Crippen LogP contribution in [0.2, 0.25) is 0 Å². The molecule has 14 heteroatoms. The third-order valence-corrected chi connectivity index (χ3v) is 7.38. The van der Waals surface area contributed by atoms with Gasteiger partial charge >= 0.3 is 12.1 Å². The molecule has 2 aromatic carbocycles. The molecule has 2 aliphatic heterocycles. The maximum absolute atomic E-state index is 14.6. The third-order valence-electron chi connectivity index (χ3n) is 7.38. The average Bonchev–Trinajstić information content (AvgIpc) is 3.00. The molecule has 0 bridgehead atoms. The van der Waals surface area contributed by atoms with Gasteiger partial charge in [-0.25, -0.2) is 28.4 Å². The Kier molecular flexibility index (Phi) is 10.7. The van der Waals surface area contributed by atoms with Crippen molar-refractivity contribution in [3.05, 3.63) is 77.9 Å². The molecule has 0 unspecified atom stereocenters. The molecule has 2 fully saturated rings. The van der Waals surface area contributed by atoms with Gasteiger partial charge in [-0.1, -0.05) is 30.9 Å². The normalized spacial score (nSPS) is 18.5. The van der Waals surface area contributed by atoms with Crippen molar-refractivity contribution in [1.29, 1.82) is 0 Å². The first kappa shape index (κ1) is 32.2. The van der Waals surface area contributed by atoms with Crippen molar-refractivity contribution in [2.75, 3.05) is 40.4 Å². The van der Waals surface area contributed by atoms with Crippen LogP contribution in [0.3, 0.4) is 0 Å². The number of amides is 5. The lowest BCUT2D eigenvalue weighted by Gasteiger charge is -2.54. The zero-order valence-corrected chi connectivity index (χ0v) is 24.6. The van der Waals surface area contributed by atoms with Crippen molar-refractivity contribution in [2.45, 2.75) is 38.1 Å². The summed E-state index contributed by atoms with van der Waals surface area (Å²) in [5, 5.41) is 8.30. The van der Waals surface area contributed by atoms with Gasteiger partial charge in [0.2, 0.25) is 11.8 Å². The van der Waals surface area contributed by atoms with Gasteiger partial charge in [0.15, 0.2) is 0 Å². The largest absolute Gasteiger partial charge is 0.497 e. The Bertz CT molecular complexity index is 1380. The van der Waals surface area contributed by atoms with Crippen LogP contribution in [0.4, 0.5) is 18.4 Å². The molecule has 2 N–H and O–H groups in total. The van der Waals surface area contributed by atoms with Crippen LogP contribution in [-0.2, 0) is 27.4 Å². The zero-order chi connectivity index (χ0) is 31.8. The number of alkyl carbamates (subject to hydrolysis) is 1. The monoisotopic (exact) mass is 614 g/mol. The van der Waals surface area contributed by atoms with Gasteiger partial charge in [0.25, 0.3) is 0 Å². The van der Waals surface area contributed by atoms with Gasteiger partial charge in [0, 0.05) is 38.3 Å². The summed E-state index contributed by atoms with van der Waals surface area (Å²) in [7, 11) is 3.15.